The van der Waals surface area contributed by atoms with Crippen LogP contribution in [0.5, 0.6) is 0 Å². The Morgan fingerprint density at radius 1 is 0.422 bits per heavy atom. The van der Waals surface area contributed by atoms with Gasteiger partial charge in [0.2, 0.25) is 5.91 Å². The molecule has 0 aromatic heterocycles. The molecule has 0 fully saturated rings. The summed E-state index contributed by atoms with van der Waals surface area (Å²) >= 11 is 0. The van der Waals surface area contributed by atoms with E-state index in [9.17, 15) is 19.0 Å². The average molecular weight is 1190 g/mol. The van der Waals surface area contributed by atoms with Crippen LogP contribution in [0.15, 0.2) is 60.8 Å². The van der Waals surface area contributed by atoms with E-state index in [-0.39, 0.29) is 31.5 Å². The maximum Gasteiger partial charge on any atom is 0.472 e. The molecule has 0 bridgehead atoms. The van der Waals surface area contributed by atoms with Gasteiger partial charge >= 0.3 is 13.8 Å². The number of quaternary nitrogens is 1. The van der Waals surface area contributed by atoms with Gasteiger partial charge in [0.1, 0.15) is 19.3 Å². The van der Waals surface area contributed by atoms with Crippen LogP contribution in [-0.2, 0) is 27.9 Å². The van der Waals surface area contributed by atoms with Gasteiger partial charge in [-0.2, -0.15) is 0 Å². The number of amides is 1. The van der Waals surface area contributed by atoms with Crippen LogP contribution in [-0.4, -0.2) is 74.3 Å². The van der Waals surface area contributed by atoms with Gasteiger partial charge in [0.25, 0.3) is 0 Å². The summed E-state index contributed by atoms with van der Waals surface area (Å²) in [5, 5.41) is 3.07. The fourth-order valence-corrected chi connectivity index (χ4v) is 11.2. The highest BCUT2D eigenvalue weighted by Gasteiger charge is 2.30. The van der Waals surface area contributed by atoms with Crippen molar-refractivity contribution in [3.05, 3.63) is 60.8 Å². The standard InChI is InChI=1S/C73H137N2O7P/c1-7-10-13-16-19-22-25-28-30-32-34-36-37-39-41-43-45-48-51-54-57-60-63-66-73(77)82-71(64-61-58-55-52-49-46-27-24-21-18-15-12-9-3)70(69-81-83(78,79)80-68-67-75(4,5)6)74-72(76)65-62-59-56-53-50-47-44-42-40-38-35-33-31-29-26-23-20-17-14-11-8-2/h19,22,28-31,34,36,61,64,70-71H,7-18,20-21,23-27,32-33,35,37-60,62-63,65-69H2,1-6H3,(H-,74,76,78,79)/p+1/b22-19-,30-28-,31-29+,36-34-,64-61+. The Morgan fingerprint density at radius 2 is 0.735 bits per heavy atom. The molecule has 0 radical (unpaired) electrons. The number of rotatable bonds is 65. The SMILES string of the molecule is CCCCC/C=C\C/C=C\C/C=C\CCCCCCCCCCCCC(=O)OC(/C=C/CCCCCCCCCCCCC)C(COP(=O)(O)OCC[N+](C)(C)C)NC(=O)CCCCCCCCCCCCC/C=C/CCCCCCCC. The minimum absolute atomic E-state index is 0.0395. The molecule has 10 heteroatoms. The second-order valence-electron chi connectivity index (χ2n) is 25.4. The van der Waals surface area contributed by atoms with E-state index in [1.807, 2.05) is 33.3 Å². The van der Waals surface area contributed by atoms with Crippen LogP contribution in [0.4, 0.5) is 0 Å². The fraction of sp³-hybridized carbons (Fsp3) is 0.836. The Hall–Kier alpha value is -2.29. The lowest BCUT2D eigenvalue weighted by molar-refractivity contribution is -0.870. The summed E-state index contributed by atoms with van der Waals surface area (Å²) in [6, 6.07) is -0.852. The number of phosphoric acid groups is 1. The third-order valence-corrected chi connectivity index (χ3v) is 16.9. The van der Waals surface area contributed by atoms with Gasteiger partial charge in [-0.25, -0.2) is 4.57 Å². The van der Waals surface area contributed by atoms with Crippen molar-refractivity contribution >= 4 is 19.7 Å². The Morgan fingerprint density at radius 3 is 1.13 bits per heavy atom. The van der Waals surface area contributed by atoms with Crippen LogP contribution < -0.4 is 5.32 Å². The van der Waals surface area contributed by atoms with E-state index in [2.05, 4.69) is 74.7 Å². The number of unbranched alkanes of at least 4 members (excludes halogenated alkanes) is 41. The van der Waals surface area contributed by atoms with Gasteiger partial charge in [0, 0.05) is 12.8 Å². The number of hydrogen-bond donors (Lipinski definition) is 2. The third kappa shape index (κ3) is 64.0. The van der Waals surface area contributed by atoms with Gasteiger partial charge in [-0.05, 0) is 96.0 Å². The van der Waals surface area contributed by atoms with Crippen molar-refractivity contribution < 1.29 is 37.3 Å². The zero-order valence-electron chi connectivity index (χ0n) is 55.7. The summed E-state index contributed by atoms with van der Waals surface area (Å²) < 4.78 is 30.8. The van der Waals surface area contributed by atoms with Crippen LogP contribution in [0, 0.1) is 0 Å². The van der Waals surface area contributed by atoms with Gasteiger partial charge in [-0.1, -0.05) is 294 Å². The predicted molar refractivity (Wildman–Crippen MR) is 360 cm³/mol. The molecule has 3 unspecified atom stereocenters. The van der Waals surface area contributed by atoms with Gasteiger partial charge in [0.15, 0.2) is 0 Å². The van der Waals surface area contributed by atoms with Crippen LogP contribution in [0.3, 0.4) is 0 Å². The number of carbonyl (C=O) groups excluding carboxylic acids is 2. The number of esters is 1. The minimum atomic E-state index is -4.46. The number of nitrogens with zero attached hydrogens (tertiary/aromatic N) is 1. The van der Waals surface area contributed by atoms with Crippen molar-refractivity contribution in [2.75, 3.05) is 40.9 Å². The number of allylic oxidation sites excluding steroid dienone is 9. The molecule has 0 rings (SSSR count). The van der Waals surface area contributed by atoms with E-state index in [1.54, 1.807) is 0 Å². The summed E-state index contributed by atoms with van der Waals surface area (Å²) in [5.74, 6) is -0.498. The number of likely N-dealkylation sites (N-methyl/N-ethyl adjacent to an activating group) is 1. The molecule has 0 aromatic carbocycles. The third-order valence-electron chi connectivity index (χ3n) is 15.9. The molecule has 3 atom stereocenters. The zero-order valence-corrected chi connectivity index (χ0v) is 56.6. The van der Waals surface area contributed by atoms with Crippen molar-refractivity contribution in [2.24, 2.45) is 0 Å². The van der Waals surface area contributed by atoms with Crippen molar-refractivity contribution in [2.45, 2.75) is 354 Å². The Labute approximate surface area is 515 Å². The molecule has 0 saturated carbocycles. The number of nitrogens with one attached hydrogen (secondary N) is 1. The first kappa shape index (κ1) is 80.7. The molecule has 0 aliphatic carbocycles. The lowest BCUT2D eigenvalue weighted by Crippen LogP contribution is -2.47. The van der Waals surface area contributed by atoms with Crippen molar-refractivity contribution in [1.82, 2.24) is 5.32 Å². The van der Waals surface area contributed by atoms with E-state index in [4.69, 9.17) is 13.8 Å². The molecule has 0 spiro atoms. The van der Waals surface area contributed by atoms with Crippen molar-refractivity contribution in [1.29, 1.82) is 0 Å². The number of carbonyl (C=O) groups is 2. The average Bonchev–Trinajstić information content (AvgIpc) is 3.47. The van der Waals surface area contributed by atoms with E-state index in [0.717, 1.165) is 70.6 Å². The Bertz CT molecular complexity index is 1600. The lowest BCUT2D eigenvalue weighted by atomic mass is 10.0. The summed E-state index contributed by atoms with van der Waals surface area (Å²) in [4.78, 5) is 37.9. The highest BCUT2D eigenvalue weighted by Crippen LogP contribution is 2.43. The smallest absolute Gasteiger partial charge is 0.456 e. The topological polar surface area (TPSA) is 111 Å². The van der Waals surface area contributed by atoms with Crippen LogP contribution >= 0.6 is 7.82 Å². The molecule has 0 aromatic rings. The monoisotopic (exact) mass is 1190 g/mol. The van der Waals surface area contributed by atoms with E-state index in [0.29, 0.717) is 17.4 Å². The molecule has 1 amide bonds. The molecule has 2 N–H and O–H groups in total. The molecule has 9 nitrogen and oxygen atoms in total. The van der Waals surface area contributed by atoms with Crippen molar-refractivity contribution in [3.8, 4) is 0 Å². The van der Waals surface area contributed by atoms with Crippen molar-refractivity contribution in [3.63, 3.8) is 0 Å². The normalized spacial score (nSPS) is 13.9. The molecule has 0 aliphatic heterocycles. The van der Waals surface area contributed by atoms with E-state index >= 15 is 0 Å². The molecule has 0 heterocycles. The molecule has 0 aliphatic rings. The summed E-state index contributed by atoms with van der Waals surface area (Å²) in [6.45, 7) is 7.02. The number of hydrogen-bond acceptors (Lipinski definition) is 6. The van der Waals surface area contributed by atoms with Gasteiger partial charge in [-0.3, -0.25) is 18.6 Å². The van der Waals surface area contributed by atoms with Gasteiger partial charge in [0.05, 0.1) is 33.8 Å². The maximum atomic E-state index is 13.6. The van der Waals surface area contributed by atoms with Gasteiger partial charge < -0.3 is 19.4 Å². The van der Waals surface area contributed by atoms with Crippen LogP contribution in [0.1, 0.15) is 342 Å². The largest absolute Gasteiger partial charge is 0.472 e. The van der Waals surface area contributed by atoms with Crippen LogP contribution in [0.25, 0.3) is 0 Å². The first-order chi connectivity index (χ1) is 40.4. The first-order valence-electron chi connectivity index (χ1n) is 35.6. The fourth-order valence-electron chi connectivity index (χ4n) is 10.4. The summed E-state index contributed by atoms with van der Waals surface area (Å²) in [7, 11) is 1.50. The highest BCUT2D eigenvalue weighted by molar-refractivity contribution is 7.47. The number of phosphoric ester groups is 1. The predicted octanol–water partition coefficient (Wildman–Crippen LogP) is 22.6. The zero-order chi connectivity index (χ0) is 60.7. The minimum Gasteiger partial charge on any atom is -0.456 e. The summed E-state index contributed by atoms with van der Waals surface area (Å²) in [6.07, 6.45) is 80.8. The van der Waals surface area contributed by atoms with E-state index < -0.39 is 20.0 Å². The molecule has 486 valence electrons. The Balaban J connectivity index is 5.12. The second kappa shape index (κ2) is 62.8. The lowest BCUT2D eigenvalue weighted by Gasteiger charge is -2.27. The van der Waals surface area contributed by atoms with Crippen LogP contribution in [0.2, 0.25) is 0 Å². The Kier molecular flexibility index (Phi) is 61.0. The molecule has 83 heavy (non-hydrogen) atoms. The second-order valence-corrected chi connectivity index (χ2v) is 26.9. The number of ether oxygens (including phenoxy) is 1. The first-order valence-corrected chi connectivity index (χ1v) is 37.1. The molecular weight excluding hydrogens is 1050 g/mol. The quantitative estimate of drug-likeness (QED) is 0.0205. The molecular formula is C73H138N2O7P+. The van der Waals surface area contributed by atoms with Gasteiger partial charge in [-0.15, -0.1) is 0 Å². The molecule has 0 saturated heterocycles. The summed E-state index contributed by atoms with van der Waals surface area (Å²) in [5.41, 5.74) is 0. The maximum absolute atomic E-state index is 13.6. The van der Waals surface area contributed by atoms with E-state index in [1.165, 1.54) is 238 Å². The highest BCUT2D eigenvalue weighted by atomic mass is 31.2.